The van der Waals surface area contributed by atoms with Crippen molar-refractivity contribution in [3.8, 4) is 0 Å². The number of piperidine rings is 1. The van der Waals surface area contributed by atoms with Crippen LogP contribution in [0.1, 0.15) is 56.2 Å². The Kier molecular flexibility index (Phi) is 6.25. The van der Waals surface area contributed by atoms with Crippen molar-refractivity contribution < 1.29 is 8.42 Å². The minimum Gasteiger partial charge on any atom is -0.351 e. The predicted molar refractivity (Wildman–Crippen MR) is 107 cm³/mol. The van der Waals surface area contributed by atoms with Gasteiger partial charge in [0.2, 0.25) is 10.0 Å². The Balaban J connectivity index is 1.62. The summed E-state index contributed by atoms with van der Waals surface area (Å²) >= 11 is 1.21. The van der Waals surface area contributed by atoms with Crippen LogP contribution in [-0.4, -0.2) is 39.4 Å². The molecular weight excluding hydrogens is 368 g/mol. The molecule has 0 amide bonds. The van der Waals surface area contributed by atoms with Crippen molar-refractivity contribution in [2.75, 3.05) is 20.1 Å². The Labute approximate surface area is 160 Å². The average molecular weight is 399 g/mol. The monoisotopic (exact) mass is 398 g/mol. The number of rotatable bonds is 3. The Hall–Kier alpha value is -1.12. The summed E-state index contributed by atoms with van der Waals surface area (Å²) in [4.78, 5) is 7.81. The number of nitrogens with one attached hydrogen (secondary N) is 1. The topological polar surface area (TPSA) is 87.8 Å². The molecule has 2 heterocycles. The van der Waals surface area contributed by atoms with Crippen LogP contribution in [0.5, 0.6) is 0 Å². The third-order valence-electron chi connectivity index (χ3n) is 5.68. The molecule has 3 N–H and O–H groups in total. The molecule has 1 spiro atoms. The van der Waals surface area contributed by atoms with E-state index in [-0.39, 0.29) is 4.21 Å². The number of hydrogen-bond donors (Lipinski definition) is 2. The molecule has 0 aromatic carbocycles. The highest BCUT2D eigenvalue weighted by Crippen LogP contribution is 2.42. The molecule has 0 unspecified atom stereocenters. The number of primary sulfonamides is 1. The number of likely N-dealkylation sites (tertiary alicyclic amines) is 1. The zero-order valence-electron chi connectivity index (χ0n) is 15.5. The molecule has 1 aromatic rings. The number of hydrogen-bond acceptors (Lipinski definition) is 4. The van der Waals surface area contributed by atoms with Crippen LogP contribution in [0.25, 0.3) is 0 Å². The van der Waals surface area contributed by atoms with Crippen LogP contribution in [0.4, 0.5) is 0 Å². The second kappa shape index (κ2) is 8.27. The Morgan fingerprint density at radius 1 is 1.23 bits per heavy atom. The highest BCUT2D eigenvalue weighted by atomic mass is 32.2. The van der Waals surface area contributed by atoms with E-state index >= 15 is 0 Å². The second-order valence-corrected chi connectivity index (χ2v) is 10.6. The SMILES string of the molecule is CN=C(NCc1ccc(S(N)(=O)=O)s1)N1CCCC2(CCCCCC2)C1. The molecule has 0 radical (unpaired) electrons. The van der Waals surface area contributed by atoms with Crippen LogP contribution in [0, 0.1) is 5.41 Å². The maximum atomic E-state index is 11.4. The average Bonchev–Trinajstić information content (AvgIpc) is 2.98. The van der Waals surface area contributed by atoms with Crippen LogP contribution < -0.4 is 10.5 Å². The number of aliphatic imine (C=N–C) groups is 1. The van der Waals surface area contributed by atoms with Crippen LogP contribution in [0.2, 0.25) is 0 Å². The van der Waals surface area contributed by atoms with E-state index in [1.807, 2.05) is 13.1 Å². The quantitative estimate of drug-likeness (QED) is 0.605. The lowest BCUT2D eigenvalue weighted by Crippen LogP contribution is -2.50. The Morgan fingerprint density at radius 2 is 1.92 bits per heavy atom. The van der Waals surface area contributed by atoms with Gasteiger partial charge in [0.1, 0.15) is 4.21 Å². The molecule has 146 valence electrons. The smallest absolute Gasteiger partial charge is 0.247 e. The van der Waals surface area contributed by atoms with Gasteiger partial charge in [-0.2, -0.15) is 0 Å². The third kappa shape index (κ3) is 4.78. The van der Waals surface area contributed by atoms with E-state index in [4.69, 9.17) is 5.14 Å². The minimum atomic E-state index is -3.62. The third-order valence-corrected chi connectivity index (χ3v) is 8.20. The summed E-state index contributed by atoms with van der Waals surface area (Å²) in [7, 11) is -1.80. The van der Waals surface area contributed by atoms with E-state index in [0.717, 1.165) is 23.9 Å². The number of sulfonamides is 1. The van der Waals surface area contributed by atoms with Gasteiger partial charge in [-0.25, -0.2) is 13.6 Å². The minimum absolute atomic E-state index is 0.208. The van der Waals surface area contributed by atoms with Gasteiger partial charge in [0.25, 0.3) is 0 Å². The van der Waals surface area contributed by atoms with E-state index in [1.165, 1.54) is 62.7 Å². The molecule has 1 saturated carbocycles. The molecule has 2 fully saturated rings. The first-order valence-corrected chi connectivity index (χ1v) is 11.9. The molecule has 2 aliphatic rings. The number of nitrogens with two attached hydrogens (primary N) is 1. The van der Waals surface area contributed by atoms with Crippen molar-refractivity contribution in [1.82, 2.24) is 10.2 Å². The summed E-state index contributed by atoms with van der Waals surface area (Å²) in [6.45, 7) is 2.68. The zero-order valence-corrected chi connectivity index (χ0v) is 17.2. The van der Waals surface area contributed by atoms with Gasteiger partial charge in [0.05, 0.1) is 6.54 Å². The van der Waals surface area contributed by atoms with Gasteiger partial charge < -0.3 is 10.2 Å². The van der Waals surface area contributed by atoms with Crippen LogP contribution in [0.3, 0.4) is 0 Å². The summed E-state index contributed by atoms with van der Waals surface area (Å²) in [6, 6.07) is 3.38. The molecule has 1 aromatic heterocycles. The summed E-state index contributed by atoms with van der Waals surface area (Å²) in [5, 5.41) is 8.60. The molecule has 1 aliphatic heterocycles. The highest BCUT2D eigenvalue weighted by molar-refractivity contribution is 7.91. The normalized spacial score (nSPS) is 21.6. The summed E-state index contributed by atoms with van der Waals surface area (Å²) < 4.78 is 23.1. The van der Waals surface area contributed by atoms with Gasteiger partial charge in [-0.05, 0) is 43.2 Å². The van der Waals surface area contributed by atoms with Gasteiger partial charge in [-0.3, -0.25) is 4.99 Å². The Bertz CT molecular complexity index is 734. The first kappa shape index (κ1) is 19.6. The van der Waals surface area contributed by atoms with Gasteiger partial charge >= 0.3 is 0 Å². The van der Waals surface area contributed by atoms with Gasteiger partial charge in [-0.1, -0.05) is 25.7 Å². The lowest BCUT2D eigenvalue weighted by molar-refractivity contribution is 0.115. The lowest BCUT2D eigenvalue weighted by atomic mass is 9.74. The van der Waals surface area contributed by atoms with Crippen LogP contribution >= 0.6 is 11.3 Å². The van der Waals surface area contributed by atoms with Gasteiger partial charge in [-0.15, -0.1) is 11.3 Å². The summed E-state index contributed by atoms with van der Waals surface area (Å²) in [5.41, 5.74) is 0.454. The fourth-order valence-corrected chi connectivity index (χ4v) is 6.10. The molecule has 8 heteroatoms. The number of nitrogens with zero attached hydrogens (tertiary/aromatic N) is 2. The predicted octanol–water partition coefficient (Wildman–Crippen LogP) is 2.91. The fraction of sp³-hybridized carbons (Fsp3) is 0.722. The number of thiophene rings is 1. The van der Waals surface area contributed by atoms with Gasteiger partial charge in [0.15, 0.2) is 5.96 Å². The second-order valence-electron chi connectivity index (χ2n) is 7.61. The van der Waals surface area contributed by atoms with Crippen LogP contribution in [-0.2, 0) is 16.6 Å². The van der Waals surface area contributed by atoms with Crippen molar-refractivity contribution in [3.63, 3.8) is 0 Å². The van der Waals surface area contributed by atoms with Crippen molar-refractivity contribution in [2.24, 2.45) is 15.5 Å². The molecule has 0 atom stereocenters. The van der Waals surface area contributed by atoms with E-state index < -0.39 is 10.0 Å². The summed E-state index contributed by atoms with van der Waals surface area (Å²) in [5.74, 6) is 0.916. The Morgan fingerprint density at radius 3 is 2.54 bits per heavy atom. The first-order chi connectivity index (χ1) is 12.4. The first-order valence-electron chi connectivity index (χ1n) is 9.49. The molecular formula is C18H30N4O2S2. The van der Waals surface area contributed by atoms with Crippen molar-refractivity contribution in [3.05, 3.63) is 17.0 Å². The molecule has 1 aliphatic carbocycles. The molecule has 1 saturated heterocycles. The number of guanidine groups is 1. The molecule has 3 rings (SSSR count). The van der Waals surface area contributed by atoms with E-state index in [0.29, 0.717) is 12.0 Å². The van der Waals surface area contributed by atoms with Crippen molar-refractivity contribution in [1.29, 1.82) is 0 Å². The maximum Gasteiger partial charge on any atom is 0.247 e. The molecule has 6 nitrogen and oxygen atoms in total. The van der Waals surface area contributed by atoms with E-state index in [2.05, 4.69) is 15.2 Å². The largest absolute Gasteiger partial charge is 0.351 e. The fourth-order valence-electron chi connectivity index (χ4n) is 4.38. The standard InChI is InChI=1S/C18H30N4O2S2/c1-20-17(21-13-15-7-8-16(25-15)26(19,23)24)22-12-6-11-18(14-22)9-4-2-3-5-10-18/h7-8H,2-6,9-14H2,1H3,(H,20,21)(H2,19,23,24). The van der Waals surface area contributed by atoms with Crippen molar-refractivity contribution >= 4 is 27.3 Å². The highest BCUT2D eigenvalue weighted by Gasteiger charge is 2.36. The van der Waals surface area contributed by atoms with Gasteiger partial charge in [0, 0.05) is 25.0 Å². The van der Waals surface area contributed by atoms with E-state index in [1.54, 1.807) is 6.07 Å². The zero-order chi connectivity index (χ0) is 18.6. The molecule has 0 bridgehead atoms. The lowest BCUT2D eigenvalue weighted by Gasteiger charge is -2.44. The maximum absolute atomic E-state index is 11.4. The van der Waals surface area contributed by atoms with Crippen molar-refractivity contribution in [2.45, 2.75) is 62.1 Å². The molecule has 26 heavy (non-hydrogen) atoms. The summed E-state index contributed by atoms with van der Waals surface area (Å²) in [6.07, 6.45) is 10.7. The van der Waals surface area contributed by atoms with E-state index in [9.17, 15) is 8.42 Å². The van der Waals surface area contributed by atoms with Crippen LogP contribution in [0.15, 0.2) is 21.3 Å².